The Morgan fingerprint density at radius 2 is 1.82 bits per heavy atom. The van der Waals surface area contributed by atoms with Gasteiger partial charge in [0.15, 0.2) is 11.5 Å². The molecular formula is C21H20N4O3. The van der Waals surface area contributed by atoms with Gasteiger partial charge >= 0.3 is 0 Å². The summed E-state index contributed by atoms with van der Waals surface area (Å²) in [6.45, 7) is 1.37. The Morgan fingerprint density at radius 1 is 0.964 bits per heavy atom. The minimum absolute atomic E-state index is 0.231. The molecule has 0 unspecified atom stereocenters. The second-order valence-corrected chi connectivity index (χ2v) is 6.32. The molecule has 7 nitrogen and oxygen atoms in total. The molecule has 4 rings (SSSR count). The van der Waals surface area contributed by atoms with Crippen molar-refractivity contribution in [2.75, 3.05) is 18.7 Å². The van der Waals surface area contributed by atoms with E-state index in [-0.39, 0.29) is 12.7 Å². The van der Waals surface area contributed by atoms with Crippen molar-refractivity contribution in [3.63, 3.8) is 0 Å². The molecule has 0 saturated heterocycles. The SMILES string of the molecule is O=C(NCCc1ccccc1)c1cnc(NCc2ccc3c(c2)OCO3)cn1. The summed E-state index contributed by atoms with van der Waals surface area (Å²) in [6, 6.07) is 15.8. The van der Waals surface area contributed by atoms with E-state index in [9.17, 15) is 4.79 Å². The second-order valence-electron chi connectivity index (χ2n) is 6.32. The zero-order valence-corrected chi connectivity index (χ0v) is 15.2. The summed E-state index contributed by atoms with van der Waals surface area (Å²) in [5.74, 6) is 1.86. The molecule has 0 bridgehead atoms. The molecule has 28 heavy (non-hydrogen) atoms. The Bertz CT molecular complexity index is 946. The maximum atomic E-state index is 12.2. The van der Waals surface area contributed by atoms with Gasteiger partial charge in [0.05, 0.1) is 12.4 Å². The summed E-state index contributed by atoms with van der Waals surface area (Å²) in [5, 5.41) is 6.04. The lowest BCUT2D eigenvalue weighted by atomic mass is 10.1. The van der Waals surface area contributed by atoms with Crippen molar-refractivity contribution in [1.82, 2.24) is 15.3 Å². The van der Waals surface area contributed by atoms with Crippen molar-refractivity contribution in [2.45, 2.75) is 13.0 Å². The minimum atomic E-state index is -0.231. The normalized spacial score (nSPS) is 11.9. The first-order valence-corrected chi connectivity index (χ1v) is 9.04. The summed E-state index contributed by atoms with van der Waals surface area (Å²) >= 11 is 0. The lowest BCUT2D eigenvalue weighted by Crippen LogP contribution is -2.26. The molecule has 142 valence electrons. The van der Waals surface area contributed by atoms with Crippen LogP contribution in [-0.4, -0.2) is 29.2 Å². The number of anilines is 1. The fourth-order valence-electron chi connectivity index (χ4n) is 2.84. The molecule has 1 amide bonds. The van der Waals surface area contributed by atoms with E-state index in [0.717, 1.165) is 23.5 Å². The fourth-order valence-corrected chi connectivity index (χ4v) is 2.84. The lowest BCUT2D eigenvalue weighted by molar-refractivity contribution is 0.0949. The monoisotopic (exact) mass is 376 g/mol. The summed E-state index contributed by atoms with van der Waals surface area (Å²) in [5.41, 5.74) is 2.51. The van der Waals surface area contributed by atoms with Crippen molar-refractivity contribution >= 4 is 11.7 Å². The summed E-state index contributed by atoms with van der Waals surface area (Å²) in [7, 11) is 0. The fraction of sp³-hybridized carbons (Fsp3) is 0.190. The third kappa shape index (κ3) is 4.37. The highest BCUT2D eigenvalue weighted by molar-refractivity contribution is 5.92. The minimum Gasteiger partial charge on any atom is -0.454 e. The molecule has 1 aliphatic heterocycles. The number of rotatable bonds is 7. The van der Waals surface area contributed by atoms with Gasteiger partial charge in [-0.1, -0.05) is 36.4 Å². The van der Waals surface area contributed by atoms with E-state index in [1.807, 2.05) is 48.5 Å². The summed E-state index contributed by atoms with van der Waals surface area (Å²) < 4.78 is 10.7. The van der Waals surface area contributed by atoms with Crippen LogP contribution in [0.15, 0.2) is 60.9 Å². The summed E-state index contributed by atoms with van der Waals surface area (Å²) in [4.78, 5) is 20.6. The van der Waals surface area contributed by atoms with E-state index < -0.39 is 0 Å². The van der Waals surface area contributed by atoms with Crippen LogP contribution >= 0.6 is 0 Å². The Labute approximate surface area is 162 Å². The standard InChI is InChI=1S/C21H20N4O3/c26-21(22-9-8-15-4-2-1-3-5-15)17-12-25-20(13-23-17)24-11-16-6-7-18-19(10-16)28-14-27-18/h1-7,10,12-13H,8-9,11,14H2,(H,22,26)(H,24,25). The maximum absolute atomic E-state index is 12.2. The van der Waals surface area contributed by atoms with Crippen molar-refractivity contribution in [3.8, 4) is 11.5 Å². The quantitative estimate of drug-likeness (QED) is 0.660. The van der Waals surface area contributed by atoms with Gasteiger partial charge in [0.2, 0.25) is 6.79 Å². The number of nitrogens with one attached hydrogen (secondary N) is 2. The first kappa shape index (κ1) is 17.8. The Morgan fingerprint density at radius 3 is 2.64 bits per heavy atom. The van der Waals surface area contributed by atoms with Crippen molar-refractivity contribution in [2.24, 2.45) is 0 Å². The van der Waals surface area contributed by atoms with Crippen molar-refractivity contribution in [3.05, 3.63) is 77.7 Å². The third-order valence-electron chi connectivity index (χ3n) is 4.34. The Kier molecular flexibility index (Phi) is 5.33. The lowest BCUT2D eigenvalue weighted by Gasteiger charge is -2.08. The van der Waals surface area contributed by atoms with Crippen molar-refractivity contribution < 1.29 is 14.3 Å². The number of carbonyl (C=O) groups excluding carboxylic acids is 1. The smallest absolute Gasteiger partial charge is 0.271 e. The van der Waals surface area contributed by atoms with Gasteiger partial charge in [0.1, 0.15) is 11.5 Å². The van der Waals surface area contributed by atoms with E-state index in [1.165, 1.54) is 11.8 Å². The van der Waals surface area contributed by atoms with Gasteiger partial charge in [-0.25, -0.2) is 9.97 Å². The highest BCUT2D eigenvalue weighted by Gasteiger charge is 2.13. The van der Waals surface area contributed by atoms with Gasteiger partial charge in [-0.3, -0.25) is 4.79 Å². The maximum Gasteiger partial charge on any atom is 0.271 e. The van der Waals surface area contributed by atoms with Crippen LogP contribution in [0.25, 0.3) is 0 Å². The molecule has 2 heterocycles. The van der Waals surface area contributed by atoms with E-state index in [0.29, 0.717) is 24.6 Å². The van der Waals surface area contributed by atoms with Crippen LogP contribution in [-0.2, 0) is 13.0 Å². The van der Waals surface area contributed by atoms with Crippen LogP contribution < -0.4 is 20.1 Å². The predicted octanol–water partition coefficient (Wildman–Crippen LogP) is 2.79. The predicted molar refractivity (Wildman–Crippen MR) is 104 cm³/mol. The number of ether oxygens (including phenoxy) is 2. The molecule has 1 aliphatic rings. The number of fused-ring (bicyclic) bond motifs is 1. The highest BCUT2D eigenvalue weighted by atomic mass is 16.7. The van der Waals surface area contributed by atoms with Gasteiger partial charge in [0, 0.05) is 13.1 Å². The topological polar surface area (TPSA) is 85.4 Å². The van der Waals surface area contributed by atoms with Crippen LogP contribution in [0.3, 0.4) is 0 Å². The van der Waals surface area contributed by atoms with Gasteiger partial charge in [-0.2, -0.15) is 0 Å². The first-order chi connectivity index (χ1) is 13.8. The number of amides is 1. The average Bonchev–Trinajstić information content (AvgIpc) is 3.21. The molecule has 2 N–H and O–H groups in total. The zero-order valence-electron chi connectivity index (χ0n) is 15.2. The Hall–Kier alpha value is -3.61. The molecule has 0 saturated carbocycles. The number of hydrogen-bond donors (Lipinski definition) is 2. The van der Waals surface area contributed by atoms with Gasteiger partial charge in [-0.05, 0) is 29.7 Å². The summed E-state index contributed by atoms with van der Waals surface area (Å²) in [6.07, 6.45) is 3.80. The van der Waals surface area contributed by atoms with E-state index in [4.69, 9.17) is 9.47 Å². The third-order valence-corrected chi connectivity index (χ3v) is 4.34. The van der Waals surface area contributed by atoms with Crippen LogP contribution in [0.5, 0.6) is 11.5 Å². The molecule has 0 aliphatic carbocycles. The van der Waals surface area contributed by atoms with Crippen molar-refractivity contribution in [1.29, 1.82) is 0 Å². The molecule has 0 atom stereocenters. The molecule has 0 fully saturated rings. The number of aromatic nitrogens is 2. The van der Waals surface area contributed by atoms with Crippen LogP contribution in [0, 0.1) is 0 Å². The number of nitrogens with zero attached hydrogens (tertiary/aromatic N) is 2. The molecule has 0 radical (unpaired) electrons. The van der Waals surface area contributed by atoms with Gasteiger partial charge in [0.25, 0.3) is 5.91 Å². The van der Waals surface area contributed by atoms with Gasteiger partial charge < -0.3 is 20.1 Å². The van der Waals surface area contributed by atoms with E-state index in [2.05, 4.69) is 20.6 Å². The van der Waals surface area contributed by atoms with Crippen LogP contribution in [0.2, 0.25) is 0 Å². The second kappa shape index (κ2) is 8.39. The number of benzene rings is 2. The Balaban J connectivity index is 1.26. The first-order valence-electron chi connectivity index (χ1n) is 9.04. The largest absolute Gasteiger partial charge is 0.454 e. The molecule has 7 heteroatoms. The van der Waals surface area contributed by atoms with Crippen LogP contribution in [0.1, 0.15) is 21.6 Å². The molecular weight excluding hydrogens is 356 g/mol. The van der Waals surface area contributed by atoms with E-state index in [1.54, 1.807) is 6.20 Å². The zero-order chi connectivity index (χ0) is 19.2. The molecule has 3 aromatic rings. The van der Waals surface area contributed by atoms with Crippen LogP contribution in [0.4, 0.5) is 5.82 Å². The highest BCUT2D eigenvalue weighted by Crippen LogP contribution is 2.32. The molecule has 2 aromatic carbocycles. The number of hydrogen-bond acceptors (Lipinski definition) is 6. The number of carbonyl (C=O) groups is 1. The molecule has 1 aromatic heterocycles. The van der Waals surface area contributed by atoms with Gasteiger partial charge in [-0.15, -0.1) is 0 Å². The molecule has 0 spiro atoms. The average molecular weight is 376 g/mol. The van der Waals surface area contributed by atoms with E-state index >= 15 is 0 Å².